The van der Waals surface area contributed by atoms with Crippen LogP contribution in [-0.4, -0.2) is 40.9 Å². The van der Waals surface area contributed by atoms with Gasteiger partial charge in [-0.1, -0.05) is 48.5 Å². The Balaban J connectivity index is 1.31. The second-order valence-electron chi connectivity index (χ2n) is 10.6. The zero-order valence-electron chi connectivity index (χ0n) is 20.6. The Labute approximate surface area is 207 Å². The maximum Gasteiger partial charge on any atom is 0.410 e. The van der Waals surface area contributed by atoms with E-state index >= 15 is 0 Å². The highest BCUT2D eigenvalue weighted by Crippen LogP contribution is 2.47. The van der Waals surface area contributed by atoms with E-state index in [0.717, 1.165) is 18.6 Å². The number of hydrogen-bond donors (Lipinski definition) is 1. The molecule has 1 amide bonds. The first-order chi connectivity index (χ1) is 16.8. The number of carbonyl (C=O) groups excluding carboxylic acids is 1. The second-order valence-corrected chi connectivity index (χ2v) is 10.6. The predicted molar refractivity (Wildman–Crippen MR) is 136 cm³/mol. The first-order valence-electron chi connectivity index (χ1n) is 12.4. The molecule has 0 bridgehead atoms. The van der Waals surface area contributed by atoms with Gasteiger partial charge in [-0.3, -0.25) is 0 Å². The molecule has 5 heteroatoms. The largest absolute Gasteiger partial charge is 0.508 e. The summed E-state index contributed by atoms with van der Waals surface area (Å²) in [6.07, 6.45) is 1.67. The van der Waals surface area contributed by atoms with Crippen LogP contribution in [0.1, 0.15) is 61.3 Å². The van der Waals surface area contributed by atoms with Gasteiger partial charge in [0.2, 0.25) is 0 Å². The van der Waals surface area contributed by atoms with Crippen molar-refractivity contribution in [2.24, 2.45) is 0 Å². The van der Waals surface area contributed by atoms with Crippen molar-refractivity contribution in [2.75, 3.05) is 13.1 Å². The van der Waals surface area contributed by atoms with Crippen molar-refractivity contribution in [2.45, 2.75) is 57.2 Å². The van der Waals surface area contributed by atoms with Crippen LogP contribution in [0.15, 0.2) is 72.8 Å². The summed E-state index contributed by atoms with van der Waals surface area (Å²) in [4.78, 5) is 13.8. The molecule has 1 N–H and O–H groups in total. The number of rotatable bonds is 4. The Morgan fingerprint density at radius 3 is 2.34 bits per heavy atom. The molecule has 2 aliphatic rings. The number of amides is 1. The van der Waals surface area contributed by atoms with Gasteiger partial charge in [-0.2, -0.15) is 0 Å². The average Bonchev–Trinajstić information content (AvgIpc) is 2.80. The lowest BCUT2D eigenvalue weighted by molar-refractivity contribution is -0.0221. The van der Waals surface area contributed by atoms with Gasteiger partial charge in [0.1, 0.15) is 23.2 Å². The van der Waals surface area contributed by atoms with Crippen molar-refractivity contribution in [1.82, 2.24) is 4.90 Å². The van der Waals surface area contributed by atoms with Crippen LogP contribution in [-0.2, 0) is 11.2 Å². The van der Waals surface area contributed by atoms with E-state index in [-0.39, 0.29) is 18.1 Å². The molecule has 0 spiro atoms. The highest BCUT2D eigenvalue weighted by Gasteiger charge is 2.35. The summed E-state index contributed by atoms with van der Waals surface area (Å²) >= 11 is 0. The summed E-state index contributed by atoms with van der Waals surface area (Å²) in [7, 11) is 0. The number of phenols is 1. The summed E-state index contributed by atoms with van der Waals surface area (Å²) in [5, 5.41) is 10.0. The van der Waals surface area contributed by atoms with E-state index in [1.165, 1.54) is 22.3 Å². The van der Waals surface area contributed by atoms with Gasteiger partial charge in [0, 0.05) is 5.92 Å². The normalized spacial score (nSPS) is 20.0. The third-order valence-electron chi connectivity index (χ3n) is 6.86. The van der Waals surface area contributed by atoms with E-state index in [4.69, 9.17) is 9.47 Å². The smallest absolute Gasteiger partial charge is 0.410 e. The molecule has 3 aromatic carbocycles. The van der Waals surface area contributed by atoms with Crippen LogP contribution < -0.4 is 4.74 Å². The number of nitrogens with zero attached hydrogens (tertiary/aromatic N) is 1. The standard InChI is InChI=1S/C30H33NO4/c1-30(2,3)35-29(33)31-18-25(19-31)34-24-13-9-21(10-14-24)28-26(20-7-5-4-6-8-20)15-11-22-17-23(32)12-16-27(22)28/h4-10,12-14,16-17,25-26,28,32H,11,15,18-19H2,1-3H3. The molecule has 2 unspecified atom stereocenters. The molecule has 1 aliphatic heterocycles. The molecule has 2 atom stereocenters. The molecule has 0 radical (unpaired) electrons. The van der Waals surface area contributed by atoms with Crippen molar-refractivity contribution in [3.63, 3.8) is 0 Å². The number of aromatic hydroxyl groups is 1. The van der Waals surface area contributed by atoms with Gasteiger partial charge in [-0.05, 0) is 86.1 Å². The number of aryl methyl sites for hydroxylation is 1. The molecule has 5 nitrogen and oxygen atoms in total. The molecule has 1 saturated heterocycles. The minimum Gasteiger partial charge on any atom is -0.508 e. The Hall–Kier alpha value is -3.47. The summed E-state index contributed by atoms with van der Waals surface area (Å²) in [6, 6.07) is 24.9. The monoisotopic (exact) mass is 471 g/mol. The Morgan fingerprint density at radius 1 is 0.943 bits per heavy atom. The summed E-state index contributed by atoms with van der Waals surface area (Å²) < 4.78 is 11.5. The molecule has 1 aliphatic carbocycles. The van der Waals surface area contributed by atoms with E-state index in [2.05, 4.69) is 48.5 Å². The number of fused-ring (bicyclic) bond motifs is 1. The van der Waals surface area contributed by atoms with E-state index < -0.39 is 5.60 Å². The highest BCUT2D eigenvalue weighted by atomic mass is 16.6. The number of carbonyl (C=O) groups is 1. The first-order valence-corrected chi connectivity index (χ1v) is 12.4. The molecule has 1 fully saturated rings. The quantitative estimate of drug-likeness (QED) is 0.488. The third kappa shape index (κ3) is 5.14. The third-order valence-corrected chi connectivity index (χ3v) is 6.86. The summed E-state index contributed by atoms with van der Waals surface area (Å²) in [5.74, 6) is 1.71. The molecule has 1 heterocycles. The van der Waals surface area contributed by atoms with Crippen molar-refractivity contribution < 1.29 is 19.4 Å². The fraction of sp³-hybridized carbons (Fsp3) is 0.367. The number of likely N-dealkylation sites (tertiary alicyclic amines) is 1. The van der Waals surface area contributed by atoms with Crippen molar-refractivity contribution in [1.29, 1.82) is 0 Å². The molecule has 3 aromatic rings. The topological polar surface area (TPSA) is 59.0 Å². The maximum atomic E-state index is 12.2. The zero-order valence-corrected chi connectivity index (χ0v) is 20.6. The zero-order chi connectivity index (χ0) is 24.6. The van der Waals surface area contributed by atoms with Crippen LogP contribution in [0.4, 0.5) is 4.79 Å². The molecule has 35 heavy (non-hydrogen) atoms. The number of benzene rings is 3. The van der Waals surface area contributed by atoms with Crippen LogP contribution in [0.2, 0.25) is 0 Å². The van der Waals surface area contributed by atoms with Gasteiger partial charge < -0.3 is 19.5 Å². The molecule has 182 valence electrons. The van der Waals surface area contributed by atoms with Crippen molar-refractivity contribution >= 4 is 6.09 Å². The molecular weight excluding hydrogens is 438 g/mol. The van der Waals surface area contributed by atoms with Crippen LogP contribution in [0.5, 0.6) is 11.5 Å². The maximum absolute atomic E-state index is 12.2. The van der Waals surface area contributed by atoms with Crippen molar-refractivity contribution in [3.8, 4) is 11.5 Å². The minimum atomic E-state index is -0.493. The minimum absolute atomic E-state index is 0.0242. The van der Waals surface area contributed by atoms with E-state index in [1.54, 1.807) is 11.0 Å². The average molecular weight is 472 g/mol. The summed E-state index contributed by atoms with van der Waals surface area (Å²) in [6.45, 7) is 6.68. The summed E-state index contributed by atoms with van der Waals surface area (Å²) in [5.41, 5.74) is 4.59. The molecule has 0 aromatic heterocycles. The van der Waals surface area contributed by atoms with Gasteiger partial charge >= 0.3 is 6.09 Å². The number of ether oxygens (including phenoxy) is 2. The van der Waals surface area contributed by atoms with Gasteiger partial charge in [-0.15, -0.1) is 0 Å². The fourth-order valence-corrected chi connectivity index (χ4v) is 5.21. The van der Waals surface area contributed by atoms with Gasteiger partial charge in [0.15, 0.2) is 0 Å². The fourth-order valence-electron chi connectivity index (χ4n) is 5.21. The number of phenolic OH excluding ortho intramolecular Hbond substituents is 1. The highest BCUT2D eigenvalue weighted by molar-refractivity contribution is 5.69. The molecule has 0 saturated carbocycles. The van der Waals surface area contributed by atoms with Gasteiger partial charge in [-0.25, -0.2) is 4.79 Å². The van der Waals surface area contributed by atoms with Gasteiger partial charge in [0.05, 0.1) is 13.1 Å². The van der Waals surface area contributed by atoms with Crippen LogP contribution in [0.3, 0.4) is 0 Å². The lowest BCUT2D eigenvalue weighted by Crippen LogP contribution is -2.57. The van der Waals surface area contributed by atoms with Crippen LogP contribution in [0, 0.1) is 0 Å². The van der Waals surface area contributed by atoms with E-state index in [0.29, 0.717) is 24.8 Å². The van der Waals surface area contributed by atoms with E-state index in [9.17, 15) is 9.90 Å². The Bertz CT molecular complexity index is 1180. The number of hydrogen-bond acceptors (Lipinski definition) is 4. The molecule has 5 rings (SSSR count). The van der Waals surface area contributed by atoms with Crippen LogP contribution >= 0.6 is 0 Å². The Morgan fingerprint density at radius 2 is 1.66 bits per heavy atom. The van der Waals surface area contributed by atoms with E-state index in [1.807, 2.05) is 39.0 Å². The lowest BCUT2D eigenvalue weighted by Gasteiger charge is -2.39. The second kappa shape index (κ2) is 9.29. The van der Waals surface area contributed by atoms with Crippen LogP contribution in [0.25, 0.3) is 0 Å². The lowest BCUT2D eigenvalue weighted by atomic mass is 9.69. The SMILES string of the molecule is CC(C)(C)OC(=O)N1CC(Oc2ccc(C3c4ccc(O)cc4CCC3c3ccccc3)cc2)C1. The van der Waals surface area contributed by atoms with Crippen molar-refractivity contribution in [3.05, 3.63) is 95.1 Å². The Kier molecular flexibility index (Phi) is 6.18. The predicted octanol–water partition coefficient (Wildman–Crippen LogP) is 6.25. The molecular formula is C30H33NO4. The first kappa shape index (κ1) is 23.3. The van der Waals surface area contributed by atoms with Gasteiger partial charge in [0.25, 0.3) is 0 Å².